The highest BCUT2D eigenvalue weighted by atomic mass is 15.2. The normalized spacial score (nSPS) is 16.5. The first-order valence-electron chi connectivity index (χ1n) is 27.1. The van der Waals surface area contributed by atoms with Crippen LogP contribution in [0.3, 0.4) is 0 Å². The molecule has 1 fully saturated rings. The number of benzene rings is 9. The molecule has 2 nitrogen and oxygen atoms in total. The van der Waals surface area contributed by atoms with Gasteiger partial charge in [-0.05, 0) is 179 Å². The van der Waals surface area contributed by atoms with Gasteiger partial charge in [-0.25, -0.2) is 0 Å². The summed E-state index contributed by atoms with van der Waals surface area (Å²) in [5.41, 5.74) is 30.5. The Hall–Kier alpha value is -7.36. The molecule has 2 heterocycles. The number of para-hydroxylation sites is 1. The highest BCUT2D eigenvalue weighted by molar-refractivity contribution is 7.00. The highest BCUT2D eigenvalue weighted by Gasteiger charge is 2.45. The third kappa shape index (κ3) is 6.70. The van der Waals surface area contributed by atoms with Crippen molar-refractivity contribution in [2.24, 2.45) is 0 Å². The Balaban J connectivity index is 0.923. The zero-order valence-corrected chi connectivity index (χ0v) is 43.5. The molecule has 0 radical (unpaired) electrons. The number of hydrogen-bond acceptors (Lipinski definition) is 2. The van der Waals surface area contributed by atoms with Crippen molar-refractivity contribution < 1.29 is 0 Å². The van der Waals surface area contributed by atoms with Crippen molar-refractivity contribution in [1.29, 1.82) is 0 Å². The summed E-state index contributed by atoms with van der Waals surface area (Å²) in [6, 6.07) is 73.0. The number of rotatable bonds is 5. The fourth-order valence-corrected chi connectivity index (χ4v) is 14.0. The molecule has 0 amide bonds. The Labute approximate surface area is 433 Å². The van der Waals surface area contributed by atoms with Crippen LogP contribution in [0.2, 0.25) is 0 Å². The lowest BCUT2D eigenvalue weighted by Gasteiger charge is -2.45. The van der Waals surface area contributed by atoms with Crippen molar-refractivity contribution in [1.82, 2.24) is 0 Å². The van der Waals surface area contributed by atoms with Crippen LogP contribution < -0.4 is 26.2 Å². The topological polar surface area (TPSA) is 6.48 Å². The predicted molar refractivity (Wildman–Crippen MR) is 311 cm³/mol. The van der Waals surface area contributed by atoms with E-state index in [-0.39, 0.29) is 23.0 Å². The lowest BCUT2D eigenvalue weighted by molar-refractivity contribution is 0.444. The van der Waals surface area contributed by atoms with Crippen molar-refractivity contribution in [3.8, 4) is 44.5 Å². The van der Waals surface area contributed by atoms with Gasteiger partial charge in [-0.2, -0.15) is 0 Å². The van der Waals surface area contributed by atoms with E-state index in [9.17, 15) is 0 Å². The molecule has 0 bridgehead atoms. The monoisotopic (exact) mass is 943 g/mol. The Morgan fingerprint density at radius 1 is 0.411 bits per heavy atom. The van der Waals surface area contributed by atoms with Gasteiger partial charge in [-0.1, -0.05) is 195 Å². The van der Waals surface area contributed by atoms with Gasteiger partial charge < -0.3 is 9.80 Å². The molecule has 5 aliphatic rings. The Bertz CT molecular complexity index is 3690. The first kappa shape index (κ1) is 44.4. The van der Waals surface area contributed by atoms with Crippen LogP contribution in [-0.4, -0.2) is 6.71 Å². The maximum atomic E-state index is 2.62. The molecule has 1 saturated carbocycles. The Kier molecular flexibility index (Phi) is 9.76. The minimum Gasteiger partial charge on any atom is -0.311 e. The molecule has 356 valence electrons. The molecule has 2 aliphatic heterocycles. The predicted octanol–water partition coefficient (Wildman–Crippen LogP) is 17.1. The molecule has 0 atom stereocenters. The molecule has 0 spiro atoms. The van der Waals surface area contributed by atoms with Crippen LogP contribution in [-0.2, 0) is 16.2 Å². The number of nitrogens with zero attached hydrogens (tertiary/aromatic N) is 2. The summed E-state index contributed by atoms with van der Waals surface area (Å²) in [4.78, 5) is 5.23. The second kappa shape index (κ2) is 16.1. The molecule has 0 saturated heterocycles. The van der Waals surface area contributed by atoms with Gasteiger partial charge in [-0.15, -0.1) is 0 Å². The number of fused-ring (bicyclic) bond motifs is 10. The standard InChI is InChI=1S/C70H63BN2/c1-68(2,3)50-31-38-64-62(43-50)71-61-23-15-16-24-63(61)72(51-32-25-45(26-33-51)47-29-36-55-53-19-11-13-21-57(53)69(4,5)59(55)39-47)65-41-49(44-17-9-8-10-18-44)42-66(67(65)71)73(64)52-34-27-46(28-35-52)48-30-37-56-54-20-12-14-22-58(54)70(6,7)60(56)40-48/h11-16,19-44H,8-10,17-18H2,1-7H3. The maximum Gasteiger partial charge on any atom is 0.252 e. The van der Waals surface area contributed by atoms with Crippen molar-refractivity contribution >= 4 is 57.2 Å². The van der Waals surface area contributed by atoms with E-state index in [4.69, 9.17) is 0 Å². The lowest BCUT2D eigenvalue weighted by atomic mass is 9.33. The van der Waals surface area contributed by atoms with E-state index in [0.717, 1.165) is 0 Å². The van der Waals surface area contributed by atoms with Crippen molar-refractivity contribution in [2.45, 2.75) is 103 Å². The average Bonchev–Trinajstić information content (AvgIpc) is 3.79. The summed E-state index contributed by atoms with van der Waals surface area (Å²) >= 11 is 0. The van der Waals surface area contributed by atoms with E-state index in [1.54, 1.807) is 0 Å². The number of hydrogen-bond donors (Lipinski definition) is 0. The molecule has 3 aliphatic carbocycles. The lowest BCUT2D eigenvalue weighted by Crippen LogP contribution is -2.61. The minimum absolute atomic E-state index is 0.0121. The fourth-order valence-electron chi connectivity index (χ4n) is 14.0. The zero-order valence-electron chi connectivity index (χ0n) is 43.5. The molecule has 0 unspecified atom stereocenters. The van der Waals surface area contributed by atoms with Crippen LogP contribution in [0.4, 0.5) is 34.1 Å². The first-order chi connectivity index (χ1) is 35.3. The summed E-state index contributed by atoms with van der Waals surface area (Å²) in [5, 5.41) is 0. The Morgan fingerprint density at radius 3 is 1.41 bits per heavy atom. The summed E-state index contributed by atoms with van der Waals surface area (Å²) in [5.74, 6) is 0.523. The van der Waals surface area contributed by atoms with Crippen LogP contribution in [0.1, 0.15) is 120 Å². The quantitative estimate of drug-likeness (QED) is 0.159. The highest BCUT2D eigenvalue weighted by Crippen LogP contribution is 2.52. The van der Waals surface area contributed by atoms with E-state index < -0.39 is 0 Å². The summed E-state index contributed by atoms with van der Waals surface area (Å²) < 4.78 is 0. The number of anilines is 6. The van der Waals surface area contributed by atoms with E-state index in [2.05, 4.69) is 246 Å². The van der Waals surface area contributed by atoms with Crippen LogP contribution in [0.15, 0.2) is 188 Å². The average molecular weight is 943 g/mol. The van der Waals surface area contributed by atoms with E-state index in [0.29, 0.717) is 5.92 Å². The van der Waals surface area contributed by atoms with Crippen LogP contribution in [0.5, 0.6) is 0 Å². The van der Waals surface area contributed by atoms with Crippen LogP contribution >= 0.6 is 0 Å². The molecule has 0 aromatic heterocycles. The Morgan fingerprint density at radius 2 is 0.877 bits per heavy atom. The van der Waals surface area contributed by atoms with Gasteiger partial charge in [0.25, 0.3) is 6.71 Å². The summed E-state index contributed by atoms with van der Waals surface area (Å²) in [6.45, 7) is 16.6. The molecule has 3 heteroatoms. The van der Waals surface area contributed by atoms with Gasteiger partial charge >= 0.3 is 0 Å². The maximum absolute atomic E-state index is 2.62. The van der Waals surface area contributed by atoms with Crippen molar-refractivity contribution in [3.05, 3.63) is 221 Å². The molecule has 9 aromatic rings. The van der Waals surface area contributed by atoms with Gasteiger partial charge in [-0.3, -0.25) is 0 Å². The third-order valence-electron chi connectivity index (χ3n) is 18.0. The van der Waals surface area contributed by atoms with Crippen molar-refractivity contribution in [3.63, 3.8) is 0 Å². The molecular weight excluding hydrogens is 880 g/mol. The molecular formula is C70H63BN2. The van der Waals surface area contributed by atoms with E-state index in [1.807, 2.05) is 0 Å². The van der Waals surface area contributed by atoms with Gasteiger partial charge in [0.2, 0.25) is 0 Å². The minimum atomic E-state index is -0.0496. The molecule has 9 aromatic carbocycles. The van der Waals surface area contributed by atoms with Crippen LogP contribution in [0, 0.1) is 0 Å². The van der Waals surface area contributed by atoms with Gasteiger partial charge in [0, 0.05) is 45.0 Å². The molecule has 0 N–H and O–H groups in total. The zero-order chi connectivity index (χ0) is 49.5. The fraction of sp³-hybridized carbons (Fsp3) is 0.229. The van der Waals surface area contributed by atoms with Gasteiger partial charge in [0.15, 0.2) is 0 Å². The largest absolute Gasteiger partial charge is 0.311 e. The smallest absolute Gasteiger partial charge is 0.252 e. The first-order valence-corrected chi connectivity index (χ1v) is 27.1. The summed E-state index contributed by atoms with van der Waals surface area (Å²) in [7, 11) is 0. The second-order valence-corrected chi connectivity index (χ2v) is 23.9. The van der Waals surface area contributed by atoms with Gasteiger partial charge in [0.1, 0.15) is 0 Å². The SMILES string of the molecule is CC(C)(C)c1ccc2c(c1)B1c3ccccc3N(c3ccc(-c4ccc5c(c4)C(C)(C)c4ccccc4-5)cc3)c3cc(C4CCCCC4)cc(c31)N2c1ccc(-c2ccc3c(c2)C(C)(C)c2ccccc2-3)cc1. The van der Waals surface area contributed by atoms with Gasteiger partial charge in [0.05, 0.1) is 0 Å². The van der Waals surface area contributed by atoms with E-state index >= 15 is 0 Å². The molecule has 14 rings (SSSR count). The van der Waals surface area contributed by atoms with E-state index in [1.165, 1.54) is 161 Å². The molecule has 73 heavy (non-hydrogen) atoms. The van der Waals surface area contributed by atoms with Crippen LogP contribution in [0.25, 0.3) is 44.5 Å². The van der Waals surface area contributed by atoms with Crippen molar-refractivity contribution in [2.75, 3.05) is 9.80 Å². The second-order valence-electron chi connectivity index (χ2n) is 23.9. The summed E-state index contributed by atoms with van der Waals surface area (Å²) in [6.07, 6.45) is 6.37. The third-order valence-corrected chi connectivity index (χ3v) is 18.0.